The summed E-state index contributed by atoms with van der Waals surface area (Å²) in [5.74, 6) is 1.42. The maximum absolute atomic E-state index is 12.6. The van der Waals surface area contributed by atoms with Gasteiger partial charge in [0.1, 0.15) is 0 Å². The Morgan fingerprint density at radius 2 is 1.87 bits per heavy atom. The lowest BCUT2D eigenvalue weighted by Gasteiger charge is -2.32. The number of urea groups is 1. The summed E-state index contributed by atoms with van der Waals surface area (Å²) in [5.41, 5.74) is 1.80. The van der Waals surface area contributed by atoms with Crippen LogP contribution in [0.4, 0.5) is 4.79 Å². The third-order valence-electron chi connectivity index (χ3n) is 6.35. The molecular weight excluding hydrogens is 378 g/mol. The van der Waals surface area contributed by atoms with Gasteiger partial charge in [-0.05, 0) is 37.8 Å². The van der Waals surface area contributed by atoms with Gasteiger partial charge in [0.15, 0.2) is 0 Å². The minimum absolute atomic E-state index is 0.0776. The summed E-state index contributed by atoms with van der Waals surface area (Å²) in [4.78, 5) is 23.6. The summed E-state index contributed by atoms with van der Waals surface area (Å²) < 4.78 is 5.58. The number of piperidine rings is 1. The van der Waals surface area contributed by atoms with Crippen LogP contribution in [0.1, 0.15) is 56.8 Å². The van der Waals surface area contributed by atoms with E-state index in [9.17, 15) is 4.79 Å². The number of nitrogens with zero attached hydrogens (tertiary/aromatic N) is 4. The quantitative estimate of drug-likeness (QED) is 0.693. The largest absolute Gasteiger partial charge is 0.339 e. The minimum Gasteiger partial charge on any atom is -0.339 e. The second-order valence-electron chi connectivity index (χ2n) is 8.42. The van der Waals surface area contributed by atoms with Crippen molar-refractivity contribution < 1.29 is 9.32 Å². The van der Waals surface area contributed by atoms with Gasteiger partial charge in [-0.15, -0.1) is 0 Å². The lowest BCUT2D eigenvalue weighted by molar-refractivity contribution is 0.169. The van der Waals surface area contributed by atoms with Gasteiger partial charge in [0, 0.05) is 42.2 Å². The number of carbonyl (C=O) groups excluding carboxylic acids is 1. The molecule has 3 aromatic rings. The maximum Gasteiger partial charge on any atom is 0.317 e. The second kappa shape index (κ2) is 8.42. The molecule has 0 radical (unpaired) electrons. The Kier molecular flexibility index (Phi) is 5.34. The fraction of sp³-hybridized carbons (Fsp3) is 0.478. The van der Waals surface area contributed by atoms with Gasteiger partial charge in [0.2, 0.25) is 11.7 Å². The summed E-state index contributed by atoms with van der Waals surface area (Å²) in [7, 11) is 0. The molecule has 0 bridgehead atoms. The van der Waals surface area contributed by atoms with Crippen LogP contribution in [0.25, 0.3) is 22.3 Å². The highest BCUT2D eigenvalue weighted by atomic mass is 16.5. The Labute approximate surface area is 175 Å². The van der Waals surface area contributed by atoms with Gasteiger partial charge in [-0.25, -0.2) is 4.79 Å². The molecule has 1 saturated carbocycles. The molecule has 0 spiro atoms. The Bertz CT molecular complexity index is 1020. The van der Waals surface area contributed by atoms with E-state index in [0.717, 1.165) is 55.2 Å². The number of rotatable bonds is 3. The van der Waals surface area contributed by atoms with Gasteiger partial charge < -0.3 is 14.7 Å². The number of fused-ring (bicyclic) bond motifs is 1. The SMILES string of the molecule is O=C(NC1CCCCC1)N1CCC(c2nc(-c3cnc4ccccc4c3)no2)CC1. The van der Waals surface area contributed by atoms with Crippen molar-refractivity contribution in [2.45, 2.75) is 56.9 Å². The number of amides is 2. The van der Waals surface area contributed by atoms with E-state index >= 15 is 0 Å². The summed E-state index contributed by atoms with van der Waals surface area (Å²) in [5, 5.41) is 8.45. The standard InChI is InChI=1S/C23H27N5O2/c29-23(25-19-7-2-1-3-8-19)28-12-10-16(11-13-28)22-26-21(27-30-22)18-14-17-6-4-5-9-20(17)24-15-18/h4-6,9,14-16,19H,1-3,7-8,10-13H2,(H,25,29). The van der Waals surface area contributed by atoms with Gasteiger partial charge in [0.05, 0.1) is 5.52 Å². The van der Waals surface area contributed by atoms with E-state index in [1.165, 1.54) is 19.3 Å². The van der Waals surface area contributed by atoms with Crippen molar-refractivity contribution in [1.82, 2.24) is 25.3 Å². The highest BCUT2D eigenvalue weighted by Crippen LogP contribution is 2.29. The Balaban J connectivity index is 1.20. The minimum atomic E-state index is 0.0776. The molecule has 2 fully saturated rings. The van der Waals surface area contributed by atoms with Crippen LogP contribution in [-0.4, -0.2) is 45.2 Å². The zero-order valence-electron chi connectivity index (χ0n) is 17.1. The highest BCUT2D eigenvalue weighted by molar-refractivity contribution is 5.82. The normalized spacial score (nSPS) is 18.6. The van der Waals surface area contributed by atoms with Crippen molar-refractivity contribution in [1.29, 1.82) is 0 Å². The Morgan fingerprint density at radius 1 is 1.07 bits per heavy atom. The first-order chi connectivity index (χ1) is 14.8. The average Bonchev–Trinajstić information content (AvgIpc) is 3.30. The maximum atomic E-state index is 12.6. The third-order valence-corrected chi connectivity index (χ3v) is 6.35. The van der Waals surface area contributed by atoms with E-state index in [0.29, 0.717) is 17.8 Å². The third kappa shape index (κ3) is 4.01. The molecule has 1 aromatic carbocycles. The molecule has 1 aliphatic heterocycles. The van der Waals surface area contributed by atoms with Crippen LogP contribution in [0.15, 0.2) is 41.1 Å². The number of likely N-dealkylation sites (tertiary alicyclic amines) is 1. The van der Waals surface area contributed by atoms with Crippen molar-refractivity contribution in [2.75, 3.05) is 13.1 Å². The molecule has 3 heterocycles. The van der Waals surface area contributed by atoms with Crippen LogP contribution < -0.4 is 5.32 Å². The summed E-state index contributed by atoms with van der Waals surface area (Å²) >= 11 is 0. The lowest BCUT2D eigenvalue weighted by Crippen LogP contribution is -2.48. The molecule has 156 valence electrons. The topological polar surface area (TPSA) is 84.2 Å². The number of aromatic nitrogens is 3. The zero-order valence-corrected chi connectivity index (χ0v) is 17.1. The van der Waals surface area contributed by atoms with E-state index in [2.05, 4.69) is 20.4 Å². The molecule has 2 aromatic heterocycles. The van der Waals surface area contributed by atoms with Crippen molar-refractivity contribution in [3.63, 3.8) is 0 Å². The molecule has 7 nitrogen and oxygen atoms in total. The van der Waals surface area contributed by atoms with Gasteiger partial charge in [0.25, 0.3) is 0 Å². The first-order valence-electron chi connectivity index (χ1n) is 11.0. The van der Waals surface area contributed by atoms with Crippen LogP contribution in [0.5, 0.6) is 0 Å². The Morgan fingerprint density at radius 3 is 2.70 bits per heavy atom. The van der Waals surface area contributed by atoms with Crippen molar-refractivity contribution in [3.05, 3.63) is 42.4 Å². The van der Waals surface area contributed by atoms with Crippen LogP contribution in [0.3, 0.4) is 0 Å². The van der Waals surface area contributed by atoms with Crippen molar-refractivity contribution >= 4 is 16.9 Å². The monoisotopic (exact) mass is 405 g/mol. The Hall–Kier alpha value is -2.96. The van der Waals surface area contributed by atoms with E-state index in [1.54, 1.807) is 6.20 Å². The first kappa shape index (κ1) is 19.0. The van der Waals surface area contributed by atoms with Gasteiger partial charge >= 0.3 is 6.03 Å². The lowest BCUT2D eigenvalue weighted by atomic mass is 9.95. The van der Waals surface area contributed by atoms with Crippen LogP contribution >= 0.6 is 0 Å². The highest BCUT2D eigenvalue weighted by Gasteiger charge is 2.28. The first-order valence-corrected chi connectivity index (χ1v) is 11.0. The fourth-order valence-corrected chi connectivity index (χ4v) is 4.55. The second-order valence-corrected chi connectivity index (χ2v) is 8.42. The number of hydrogen-bond acceptors (Lipinski definition) is 5. The molecule has 2 aliphatic rings. The molecular formula is C23H27N5O2. The molecule has 30 heavy (non-hydrogen) atoms. The predicted molar refractivity (Wildman–Crippen MR) is 114 cm³/mol. The van der Waals surface area contributed by atoms with Gasteiger partial charge in [-0.1, -0.05) is 42.6 Å². The molecule has 2 amide bonds. The molecule has 5 rings (SSSR count). The van der Waals surface area contributed by atoms with E-state index in [4.69, 9.17) is 4.52 Å². The fourth-order valence-electron chi connectivity index (χ4n) is 4.55. The van der Waals surface area contributed by atoms with Crippen molar-refractivity contribution in [2.24, 2.45) is 0 Å². The summed E-state index contributed by atoms with van der Waals surface area (Å²) in [6.07, 6.45) is 9.42. The smallest absolute Gasteiger partial charge is 0.317 e. The number of carbonyl (C=O) groups is 1. The van der Waals surface area contributed by atoms with Crippen molar-refractivity contribution in [3.8, 4) is 11.4 Å². The molecule has 0 atom stereocenters. The van der Waals surface area contributed by atoms with Crippen LogP contribution in [0, 0.1) is 0 Å². The molecule has 1 aliphatic carbocycles. The van der Waals surface area contributed by atoms with Crippen LogP contribution in [-0.2, 0) is 0 Å². The number of hydrogen-bond donors (Lipinski definition) is 1. The summed E-state index contributed by atoms with van der Waals surface area (Å²) in [6, 6.07) is 10.4. The number of nitrogens with one attached hydrogen (secondary N) is 1. The van der Waals surface area contributed by atoms with Gasteiger partial charge in [-0.2, -0.15) is 4.98 Å². The van der Waals surface area contributed by atoms with E-state index in [1.807, 2.05) is 35.2 Å². The predicted octanol–water partition coefficient (Wildman–Crippen LogP) is 4.51. The van der Waals surface area contributed by atoms with E-state index < -0.39 is 0 Å². The molecule has 0 unspecified atom stereocenters. The zero-order chi connectivity index (χ0) is 20.3. The van der Waals surface area contributed by atoms with Gasteiger partial charge in [-0.3, -0.25) is 4.98 Å². The number of benzene rings is 1. The summed E-state index contributed by atoms with van der Waals surface area (Å²) in [6.45, 7) is 1.44. The molecule has 1 N–H and O–H groups in total. The molecule has 1 saturated heterocycles. The van der Waals surface area contributed by atoms with E-state index in [-0.39, 0.29) is 11.9 Å². The van der Waals surface area contributed by atoms with Crippen LogP contribution in [0.2, 0.25) is 0 Å². The average molecular weight is 406 g/mol. The number of pyridine rings is 1. The number of para-hydroxylation sites is 1. The molecule has 7 heteroatoms.